The highest BCUT2D eigenvalue weighted by Crippen LogP contribution is 2.34. The summed E-state index contributed by atoms with van der Waals surface area (Å²) in [6.07, 6.45) is 8.53. The van der Waals surface area contributed by atoms with Crippen LogP contribution in [0.15, 0.2) is 36.4 Å². The van der Waals surface area contributed by atoms with Crippen LogP contribution in [-0.2, 0) is 4.74 Å². The van der Waals surface area contributed by atoms with Gasteiger partial charge in [0.25, 0.3) is 0 Å². The topological polar surface area (TPSA) is 42.4 Å². The molecular formula is C15H18N2O2. The third-order valence-electron chi connectivity index (χ3n) is 4.08. The van der Waals surface area contributed by atoms with Crippen molar-refractivity contribution in [2.45, 2.75) is 25.3 Å². The van der Waals surface area contributed by atoms with Crippen molar-refractivity contribution in [2.75, 3.05) is 13.6 Å². The summed E-state index contributed by atoms with van der Waals surface area (Å²) < 4.78 is 5.49. The maximum Gasteiger partial charge on any atom is 0.344 e. The Labute approximate surface area is 113 Å². The molecule has 19 heavy (non-hydrogen) atoms. The molecule has 1 aromatic heterocycles. The first-order chi connectivity index (χ1) is 9.24. The van der Waals surface area contributed by atoms with Gasteiger partial charge in [-0.05, 0) is 50.6 Å². The number of hydrogen-bond donors (Lipinski definition) is 0. The fourth-order valence-electron chi connectivity index (χ4n) is 2.98. The van der Waals surface area contributed by atoms with Crippen molar-refractivity contribution >= 4 is 5.97 Å². The number of hydrogen-bond acceptors (Lipinski definition) is 4. The van der Waals surface area contributed by atoms with Gasteiger partial charge in [0.05, 0.1) is 5.56 Å². The Kier molecular flexibility index (Phi) is 3.34. The largest absolute Gasteiger partial charge is 0.428 e. The van der Waals surface area contributed by atoms with Crippen molar-refractivity contribution in [3.05, 3.63) is 41.9 Å². The lowest BCUT2D eigenvalue weighted by Gasteiger charge is -2.27. The maximum atomic E-state index is 12.0. The van der Waals surface area contributed by atoms with Gasteiger partial charge in [-0.1, -0.05) is 0 Å². The number of nitrogens with zero attached hydrogens (tertiary/aromatic N) is 2. The highest BCUT2D eigenvalue weighted by molar-refractivity contribution is 5.89. The molecule has 0 amide bonds. The number of rotatable bonds is 2. The molecular weight excluding hydrogens is 240 g/mol. The van der Waals surface area contributed by atoms with Gasteiger partial charge in [0.2, 0.25) is 0 Å². The number of likely N-dealkylation sites (N-methyl/N-ethyl adjacent to an activating group) is 1. The normalized spacial score (nSPS) is 26.7. The van der Waals surface area contributed by atoms with Gasteiger partial charge in [-0.2, -0.15) is 0 Å². The molecule has 0 spiro atoms. The summed E-state index contributed by atoms with van der Waals surface area (Å²) in [5, 5.41) is 0. The highest BCUT2D eigenvalue weighted by Gasteiger charge is 2.33. The minimum Gasteiger partial charge on any atom is -0.428 e. The van der Waals surface area contributed by atoms with Crippen LogP contribution in [0.5, 0.6) is 0 Å². The zero-order valence-electron chi connectivity index (χ0n) is 11.1. The molecule has 2 heterocycles. The Morgan fingerprint density at radius 2 is 2.37 bits per heavy atom. The number of carbonyl (C=O) groups is 1. The number of carbonyl (C=O) groups excluding carboxylic acids is 1. The number of allylic oxidation sites excluding steroid dienone is 1. The van der Waals surface area contributed by atoms with E-state index in [-0.39, 0.29) is 5.97 Å². The molecule has 4 heteroatoms. The van der Waals surface area contributed by atoms with Crippen molar-refractivity contribution in [1.82, 2.24) is 9.88 Å². The third-order valence-corrected chi connectivity index (χ3v) is 4.08. The predicted molar refractivity (Wildman–Crippen MR) is 71.5 cm³/mol. The molecule has 2 unspecified atom stereocenters. The molecule has 3 rings (SSSR count). The van der Waals surface area contributed by atoms with Crippen LogP contribution in [0.4, 0.5) is 0 Å². The van der Waals surface area contributed by atoms with Crippen LogP contribution in [0, 0.1) is 5.92 Å². The van der Waals surface area contributed by atoms with Gasteiger partial charge < -0.3 is 4.74 Å². The molecule has 0 bridgehead atoms. The molecule has 0 N–H and O–H groups in total. The number of ether oxygens (including phenoxy) is 1. The highest BCUT2D eigenvalue weighted by atomic mass is 16.5. The number of likely N-dealkylation sites (tertiary alicyclic amines) is 1. The smallest absolute Gasteiger partial charge is 0.344 e. The van der Waals surface area contributed by atoms with Crippen molar-refractivity contribution in [2.24, 2.45) is 5.92 Å². The van der Waals surface area contributed by atoms with E-state index in [9.17, 15) is 4.79 Å². The van der Waals surface area contributed by atoms with E-state index in [2.05, 4.69) is 23.0 Å². The summed E-state index contributed by atoms with van der Waals surface area (Å²) in [7, 11) is 2.13. The predicted octanol–water partition coefficient (Wildman–Crippen LogP) is 2.24. The maximum absolute atomic E-state index is 12.0. The number of aromatic nitrogens is 1. The van der Waals surface area contributed by atoms with E-state index in [4.69, 9.17) is 4.74 Å². The van der Waals surface area contributed by atoms with Gasteiger partial charge in [0.1, 0.15) is 5.76 Å². The van der Waals surface area contributed by atoms with E-state index >= 15 is 0 Å². The Hall–Kier alpha value is -1.68. The number of pyridine rings is 1. The van der Waals surface area contributed by atoms with Gasteiger partial charge in [-0.25, -0.2) is 4.79 Å². The fourth-order valence-corrected chi connectivity index (χ4v) is 2.98. The van der Waals surface area contributed by atoms with E-state index in [1.807, 2.05) is 0 Å². The molecule has 0 aromatic carbocycles. The Bertz CT molecular complexity index is 498. The minimum atomic E-state index is -0.307. The van der Waals surface area contributed by atoms with E-state index in [0.29, 0.717) is 11.6 Å². The second-order valence-corrected chi connectivity index (χ2v) is 5.32. The van der Waals surface area contributed by atoms with Crippen molar-refractivity contribution in [3.8, 4) is 0 Å². The van der Waals surface area contributed by atoms with Crippen LogP contribution < -0.4 is 0 Å². The monoisotopic (exact) mass is 258 g/mol. The molecule has 0 radical (unpaired) electrons. The molecule has 2 atom stereocenters. The molecule has 1 fully saturated rings. The van der Waals surface area contributed by atoms with Gasteiger partial charge in [0.15, 0.2) is 0 Å². The van der Waals surface area contributed by atoms with Crippen molar-refractivity contribution in [3.63, 3.8) is 0 Å². The van der Waals surface area contributed by atoms with Gasteiger partial charge in [-0.15, -0.1) is 0 Å². The summed E-state index contributed by atoms with van der Waals surface area (Å²) in [6.45, 7) is 1.13. The first-order valence-corrected chi connectivity index (χ1v) is 6.77. The number of fused-ring (bicyclic) bond motifs is 1. The average molecular weight is 258 g/mol. The van der Waals surface area contributed by atoms with Crippen LogP contribution in [-0.4, -0.2) is 35.5 Å². The van der Waals surface area contributed by atoms with Crippen molar-refractivity contribution < 1.29 is 9.53 Å². The molecule has 1 aliphatic heterocycles. The first-order valence-electron chi connectivity index (χ1n) is 6.77. The summed E-state index contributed by atoms with van der Waals surface area (Å²) >= 11 is 0. The summed E-state index contributed by atoms with van der Waals surface area (Å²) in [4.78, 5) is 18.2. The van der Waals surface area contributed by atoms with Crippen molar-refractivity contribution in [1.29, 1.82) is 0 Å². The fraction of sp³-hybridized carbons (Fsp3) is 0.467. The Morgan fingerprint density at radius 1 is 1.47 bits per heavy atom. The zero-order chi connectivity index (χ0) is 13.2. The van der Waals surface area contributed by atoms with Crippen LogP contribution in [0.25, 0.3) is 0 Å². The van der Waals surface area contributed by atoms with E-state index in [1.165, 1.54) is 12.6 Å². The second-order valence-electron chi connectivity index (χ2n) is 5.32. The lowest BCUT2D eigenvalue weighted by Crippen LogP contribution is -2.30. The Morgan fingerprint density at radius 3 is 3.16 bits per heavy atom. The van der Waals surface area contributed by atoms with Gasteiger partial charge in [0, 0.05) is 24.9 Å². The average Bonchev–Trinajstić information content (AvgIpc) is 2.81. The van der Waals surface area contributed by atoms with Crippen LogP contribution in [0.3, 0.4) is 0 Å². The van der Waals surface area contributed by atoms with E-state index in [0.717, 1.165) is 31.1 Å². The third kappa shape index (κ3) is 2.54. The quantitative estimate of drug-likeness (QED) is 0.763. The van der Waals surface area contributed by atoms with Crippen LogP contribution in [0.1, 0.15) is 29.6 Å². The minimum absolute atomic E-state index is 0.307. The SMILES string of the molecule is CN1CCC2CCC(OC(=O)c3cccnc3)=CC21. The molecule has 1 saturated heterocycles. The lowest BCUT2D eigenvalue weighted by atomic mass is 9.89. The molecule has 1 aromatic rings. The number of esters is 1. The van der Waals surface area contributed by atoms with Gasteiger partial charge >= 0.3 is 5.97 Å². The standard InChI is InChI=1S/C15H18N2O2/c1-17-8-6-11-4-5-13(9-14(11)17)19-15(18)12-3-2-7-16-10-12/h2-3,7,9-11,14H,4-6,8H2,1H3. The molecule has 4 nitrogen and oxygen atoms in total. The van der Waals surface area contributed by atoms with E-state index in [1.54, 1.807) is 18.3 Å². The molecule has 2 aliphatic rings. The van der Waals surface area contributed by atoms with Crippen LogP contribution in [0.2, 0.25) is 0 Å². The molecule has 0 saturated carbocycles. The zero-order valence-corrected chi connectivity index (χ0v) is 11.1. The lowest BCUT2D eigenvalue weighted by molar-refractivity contribution is 0.0597. The first kappa shape index (κ1) is 12.4. The Balaban J connectivity index is 1.70. The summed E-state index contributed by atoms with van der Waals surface area (Å²) in [6, 6.07) is 3.90. The van der Waals surface area contributed by atoms with Crippen LogP contribution >= 0.6 is 0 Å². The summed E-state index contributed by atoms with van der Waals surface area (Å²) in [5.41, 5.74) is 0.505. The van der Waals surface area contributed by atoms with E-state index < -0.39 is 0 Å². The second kappa shape index (κ2) is 5.13. The molecule has 100 valence electrons. The summed E-state index contributed by atoms with van der Waals surface area (Å²) in [5.74, 6) is 1.23. The molecule has 1 aliphatic carbocycles. The van der Waals surface area contributed by atoms with Gasteiger partial charge in [-0.3, -0.25) is 9.88 Å².